The van der Waals surface area contributed by atoms with Crippen LogP contribution in [0.2, 0.25) is 0 Å². The zero-order chi connectivity index (χ0) is 22.0. The molecule has 4 rings (SSSR count). The Morgan fingerprint density at radius 3 is 2.45 bits per heavy atom. The van der Waals surface area contributed by atoms with Gasteiger partial charge in [-0.2, -0.15) is 0 Å². The number of carbonyl (C=O) groups excluding carboxylic acids is 3. The number of rotatable bonds is 7. The first-order valence-corrected chi connectivity index (χ1v) is 10.7. The van der Waals surface area contributed by atoms with Gasteiger partial charge in [-0.25, -0.2) is 4.79 Å². The Hall–Kier alpha value is -3.26. The van der Waals surface area contributed by atoms with Gasteiger partial charge in [-0.15, -0.1) is 11.8 Å². The number of carbonyl (C=O) groups is 3. The number of nitrogens with one attached hydrogen (secondary N) is 1. The predicted molar refractivity (Wildman–Crippen MR) is 116 cm³/mol. The Kier molecular flexibility index (Phi) is 5.99. The standard InChI is InChI=1S/C23H22N2O5S/c1-14-20(23(28)30-13-16-8-10-17(29-2)11-9-16)25-21(27)19(22(25)31-14)24-18(26)12-15-6-4-3-5-7-15/h3-11,19,22H,12-13H2,1-2H3,(H,24,26)/t19-,22-/m1/s1. The Bertz CT molecular complexity index is 1040. The average Bonchev–Trinajstić information content (AvgIpc) is 3.10. The van der Waals surface area contributed by atoms with Crippen LogP contribution in [-0.2, 0) is 32.1 Å². The molecule has 31 heavy (non-hydrogen) atoms. The van der Waals surface area contributed by atoms with E-state index in [0.29, 0.717) is 4.91 Å². The van der Waals surface area contributed by atoms with Gasteiger partial charge >= 0.3 is 5.97 Å². The van der Waals surface area contributed by atoms with Crippen molar-refractivity contribution in [1.82, 2.24) is 10.2 Å². The monoisotopic (exact) mass is 438 g/mol. The van der Waals surface area contributed by atoms with Crippen LogP contribution in [0.3, 0.4) is 0 Å². The summed E-state index contributed by atoms with van der Waals surface area (Å²) in [6, 6.07) is 15.9. The van der Waals surface area contributed by atoms with Gasteiger partial charge in [0.25, 0.3) is 5.91 Å². The van der Waals surface area contributed by atoms with Crippen LogP contribution in [0.5, 0.6) is 5.75 Å². The van der Waals surface area contributed by atoms with E-state index in [1.807, 2.05) is 42.5 Å². The first kappa shape index (κ1) is 21.0. The molecule has 2 heterocycles. The molecule has 0 saturated carbocycles. The van der Waals surface area contributed by atoms with Gasteiger partial charge in [0.05, 0.1) is 13.5 Å². The Morgan fingerprint density at radius 1 is 1.06 bits per heavy atom. The summed E-state index contributed by atoms with van der Waals surface area (Å²) >= 11 is 1.39. The van der Waals surface area contributed by atoms with Gasteiger partial charge in [0.1, 0.15) is 29.5 Å². The molecule has 0 unspecified atom stereocenters. The van der Waals surface area contributed by atoms with Crippen LogP contribution in [0.4, 0.5) is 0 Å². The average molecular weight is 439 g/mol. The second-order valence-electron chi connectivity index (χ2n) is 7.25. The highest BCUT2D eigenvalue weighted by Crippen LogP contribution is 2.46. The van der Waals surface area contributed by atoms with E-state index in [1.165, 1.54) is 16.7 Å². The van der Waals surface area contributed by atoms with E-state index in [-0.39, 0.29) is 35.9 Å². The molecular formula is C23H22N2O5S. The molecule has 1 N–H and O–H groups in total. The lowest BCUT2D eigenvalue weighted by atomic mass is 10.0. The van der Waals surface area contributed by atoms with E-state index in [4.69, 9.17) is 9.47 Å². The second-order valence-corrected chi connectivity index (χ2v) is 8.58. The Morgan fingerprint density at radius 2 is 1.77 bits per heavy atom. The molecule has 0 bridgehead atoms. The molecule has 2 amide bonds. The fourth-order valence-electron chi connectivity index (χ4n) is 3.55. The number of ether oxygens (including phenoxy) is 2. The van der Waals surface area contributed by atoms with E-state index in [1.54, 1.807) is 26.2 Å². The summed E-state index contributed by atoms with van der Waals surface area (Å²) < 4.78 is 10.5. The minimum atomic E-state index is -0.650. The summed E-state index contributed by atoms with van der Waals surface area (Å²) in [5.74, 6) is -0.355. The summed E-state index contributed by atoms with van der Waals surface area (Å²) in [5, 5.41) is 2.47. The molecule has 0 aliphatic carbocycles. The lowest BCUT2D eigenvalue weighted by Gasteiger charge is -2.42. The molecule has 2 aromatic carbocycles. The molecule has 7 nitrogen and oxygen atoms in total. The molecule has 0 radical (unpaired) electrons. The van der Waals surface area contributed by atoms with Crippen LogP contribution < -0.4 is 10.1 Å². The van der Waals surface area contributed by atoms with E-state index in [2.05, 4.69) is 5.32 Å². The van der Waals surface area contributed by atoms with Crippen molar-refractivity contribution in [3.63, 3.8) is 0 Å². The van der Waals surface area contributed by atoms with Gasteiger partial charge < -0.3 is 14.8 Å². The number of esters is 1. The normalized spacial score (nSPS) is 19.5. The molecule has 2 aromatic rings. The number of hydrogen-bond acceptors (Lipinski definition) is 6. The van der Waals surface area contributed by atoms with E-state index < -0.39 is 12.0 Å². The molecule has 0 aromatic heterocycles. The molecule has 1 saturated heterocycles. The number of nitrogens with zero attached hydrogens (tertiary/aromatic N) is 1. The second kappa shape index (κ2) is 8.85. The molecule has 0 spiro atoms. The van der Waals surface area contributed by atoms with E-state index in [9.17, 15) is 14.4 Å². The maximum atomic E-state index is 12.7. The van der Waals surface area contributed by atoms with Gasteiger partial charge in [-0.1, -0.05) is 42.5 Å². The lowest BCUT2D eigenvalue weighted by Crippen LogP contribution is -2.68. The molecular weight excluding hydrogens is 416 g/mol. The zero-order valence-corrected chi connectivity index (χ0v) is 18.0. The van der Waals surface area contributed by atoms with Crippen molar-refractivity contribution in [2.24, 2.45) is 0 Å². The fourth-order valence-corrected chi connectivity index (χ4v) is 4.84. The van der Waals surface area contributed by atoms with Crippen LogP contribution >= 0.6 is 11.8 Å². The number of allylic oxidation sites excluding steroid dienone is 1. The molecule has 2 atom stereocenters. The van der Waals surface area contributed by atoms with Crippen LogP contribution in [-0.4, -0.2) is 41.2 Å². The van der Waals surface area contributed by atoms with Crippen molar-refractivity contribution >= 4 is 29.5 Å². The van der Waals surface area contributed by atoms with Gasteiger partial charge in [-0.3, -0.25) is 14.5 Å². The van der Waals surface area contributed by atoms with Crippen molar-refractivity contribution in [3.8, 4) is 5.75 Å². The number of benzene rings is 2. The quantitative estimate of drug-likeness (QED) is 0.528. The number of hydrogen-bond donors (Lipinski definition) is 1. The molecule has 2 aliphatic rings. The minimum Gasteiger partial charge on any atom is -0.497 e. The van der Waals surface area contributed by atoms with Crippen LogP contribution in [0.1, 0.15) is 18.1 Å². The first-order chi connectivity index (χ1) is 15.0. The van der Waals surface area contributed by atoms with E-state index >= 15 is 0 Å². The fraction of sp³-hybridized carbons (Fsp3) is 0.261. The van der Waals surface area contributed by atoms with Crippen molar-refractivity contribution < 1.29 is 23.9 Å². The summed E-state index contributed by atoms with van der Waals surface area (Å²) in [7, 11) is 1.58. The summed E-state index contributed by atoms with van der Waals surface area (Å²) in [5.41, 5.74) is 1.94. The third-order valence-electron chi connectivity index (χ3n) is 5.16. The lowest BCUT2D eigenvalue weighted by molar-refractivity contribution is -0.152. The SMILES string of the molecule is COc1ccc(COC(=O)C2=C(C)S[C@@H]3[C@H](NC(=O)Cc4ccccc4)C(=O)N23)cc1. The third kappa shape index (κ3) is 4.29. The van der Waals surface area contributed by atoms with Gasteiger partial charge in [0.2, 0.25) is 5.91 Å². The highest BCUT2D eigenvalue weighted by molar-refractivity contribution is 8.04. The maximum Gasteiger partial charge on any atom is 0.356 e. The van der Waals surface area contributed by atoms with Crippen molar-refractivity contribution in [2.45, 2.75) is 31.4 Å². The van der Waals surface area contributed by atoms with Crippen molar-refractivity contribution in [1.29, 1.82) is 0 Å². The summed E-state index contributed by atoms with van der Waals surface area (Å²) in [6.45, 7) is 1.87. The highest BCUT2D eigenvalue weighted by Gasteiger charge is 2.56. The molecule has 2 aliphatic heterocycles. The summed E-state index contributed by atoms with van der Waals surface area (Å²) in [6.07, 6.45) is 0.200. The summed E-state index contributed by atoms with van der Waals surface area (Å²) in [4.78, 5) is 39.8. The minimum absolute atomic E-state index is 0.0915. The maximum absolute atomic E-state index is 12.7. The van der Waals surface area contributed by atoms with Crippen LogP contribution in [0, 0.1) is 0 Å². The topological polar surface area (TPSA) is 84.9 Å². The Labute approximate surface area is 184 Å². The smallest absolute Gasteiger partial charge is 0.356 e. The number of thioether (sulfide) groups is 1. The van der Waals surface area contributed by atoms with E-state index in [0.717, 1.165) is 16.9 Å². The predicted octanol–water partition coefficient (Wildman–Crippen LogP) is 2.61. The number of amides is 2. The molecule has 8 heteroatoms. The van der Waals surface area contributed by atoms with Crippen LogP contribution in [0.25, 0.3) is 0 Å². The van der Waals surface area contributed by atoms with Crippen molar-refractivity contribution in [3.05, 3.63) is 76.3 Å². The zero-order valence-electron chi connectivity index (χ0n) is 17.2. The van der Waals surface area contributed by atoms with Gasteiger partial charge in [-0.05, 0) is 30.2 Å². The number of methoxy groups -OCH3 is 1. The van der Waals surface area contributed by atoms with Crippen molar-refractivity contribution in [2.75, 3.05) is 7.11 Å². The largest absolute Gasteiger partial charge is 0.497 e. The highest BCUT2D eigenvalue weighted by atomic mass is 32.2. The van der Waals surface area contributed by atoms with Gasteiger partial charge in [0, 0.05) is 4.91 Å². The van der Waals surface area contributed by atoms with Gasteiger partial charge in [0.15, 0.2) is 0 Å². The molecule has 160 valence electrons. The molecule has 1 fully saturated rings. The Balaban J connectivity index is 1.34. The number of β-lactam (4-membered cyclic amide) rings is 1. The third-order valence-corrected chi connectivity index (χ3v) is 6.43. The number of fused-ring (bicyclic) bond motifs is 1. The first-order valence-electron chi connectivity index (χ1n) is 9.82. The van der Waals surface area contributed by atoms with Crippen LogP contribution in [0.15, 0.2) is 65.2 Å².